The molecule has 3 heterocycles. The molecule has 18 unspecified atom stereocenters. The van der Waals surface area contributed by atoms with Crippen molar-refractivity contribution in [2.75, 3.05) is 26.4 Å². The van der Waals surface area contributed by atoms with E-state index < -0.39 is 155 Å². The molecule has 23 nitrogen and oxygen atoms in total. The third-order valence-electron chi connectivity index (χ3n) is 15.6. The zero-order valence-corrected chi connectivity index (χ0v) is 49.1. The predicted octanol–water partition coefficient (Wildman–Crippen LogP) is 2.94. The smallest absolute Gasteiger partial charge is 0.364 e. The van der Waals surface area contributed by atoms with E-state index in [0.717, 1.165) is 64.7 Å². The summed E-state index contributed by atoms with van der Waals surface area (Å²) < 4.78 is 34.6. The van der Waals surface area contributed by atoms with Crippen LogP contribution in [0.1, 0.15) is 194 Å². The molecule has 18 atom stereocenters. The van der Waals surface area contributed by atoms with Crippen LogP contribution in [0.5, 0.6) is 0 Å². The fourth-order valence-electron chi connectivity index (χ4n) is 10.6. The number of amides is 2. The Morgan fingerprint density at radius 3 is 1.66 bits per heavy atom. The number of allylic oxidation sites excluding steroid dienone is 3. The van der Waals surface area contributed by atoms with Gasteiger partial charge in [-0.2, -0.15) is 0 Å². The Morgan fingerprint density at radius 1 is 0.634 bits per heavy atom. The van der Waals surface area contributed by atoms with Gasteiger partial charge in [-0.3, -0.25) is 9.59 Å². The van der Waals surface area contributed by atoms with E-state index in [4.69, 9.17) is 28.4 Å². The summed E-state index contributed by atoms with van der Waals surface area (Å²) in [4.78, 5) is 38.4. The van der Waals surface area contributed by atoms with Gasteiger partial charge in [0.15, 0.2) is 12.6 Å². The molecule has 0 aromatic heterocycles. The van der Waals surface area contributed by atoms with E-state index in [0.29, 0.717) is 12.8 Å². The summed E-state index contributed by atoms with van der Waals surface area (Å²) in [7, 11) is 0. The molecule has 478 valence electrons. The Hall–Kier alpha value is -2.79. The molecule has 82 heavy (non-hydrogen) atoms. The van der Waals surface area contributed by atoms with Crippen LogP contribution in [0.4, 0.5) is 0 Å². The van der Waals surface area contributed by atoms with Gasteiger partial charge >= 0.3 is 5.97 Å². The van der Waals surface area contributed by atoms with E-state index in [1.807, 2.05) is 6.08 Å². The standard InChI is InChI=1S/C59H106N2O21/c1-4-6-8-10-12-14-16-18-19-20-21-23-25-27-29-31-33-46(69)61-40(41(66)32-30-28-26-24-22-17-15-13-11-9-7-5-2)38-77-56-51(73)50(72)53(45(37-64)79-56)80-57-52(74)55(49(71)44(36-63)78-57)82-59(58(75)76)34-42(67)47(60-39(3)65)54(81-59)48(70)43(68)35-62/h19-20,30,32,40-45,47-57,62-64,66-68,70-74H,4-18,21-29,31,33-38H2,1-3H3,(H,60,65)(H,61,69)(H,75,76)/b20-19-,32-30+. The molecule has 2 amide bonds. The monoisotopic (exact) mass is 1180 g/mol. The topological polar surface area (TPSA) is 373 Å². The average Bonchev–Trinajstić information content (AvgIpc) is 3.46. The van der Waals surface area contributed by atoms with Crippen LogP contribution in [0.2, 0.25) is 0 Å². The van der Waals surface area contributed by atoms with Gasteiger partial charge in [-0.1, -0.05) is 154 Å². The first-order valence-corrected chi connectivity index (χ1v) is 30.7. The molecule has 3 aliphatic heterocycles. The molecule has 3 rings (SSSR count). The molecule has 14 N–H and O–H groups in total. The van der Waals surface area contributed by atoms with E-state index in [-0.39, 0.29) is 12.3 Å². The molecular weight excluding hydrogens is 1070 g/mol. The molecule has 3 saturated heterocycles. The van der Waals surface area contributed by atoms with Crippen LogP contribution in [0.3, 0.4) is 0 Å². The number of unbranched alkanes of at least 4 members (excludes halogenated alkanes) is 22. The number of hydrogen-bond acceptors (Lipinski definition) is 20. The van der Waals surface area contributed by atoms with Gasteiger partial charge in [0.2, 0.25) is 11.8 Å². The summed E-state index contributed by atoms with van der Waals surface area (Å²) in [5.74, 6) is -6.16. The number of nitrogens with one attached hydrogen (secondary N) is 2. The average molecular weight is 1180 g/mol. The number of ether oxygens (including phenoxy) is 6. The van der Waals surface area contributed by atoms with Gasteiger partial charge < -0.3 is 100 Å². The lowest BCUT2D eigenvalue weighted by Crippen LogP contribution is -2.70. The van der Waals surface area contributed by atoms with Gasteiger partial charge in [0.25, 0.3) is 5.79 Å². The molecule has 0 saturated carbocycles. The highest BCUT2D eigenvalue weighted by atomic mass is 16.8. The SMILES string of the molecule is CCCCCCCCC/C=C\CCCCCCCC(=O)NC(COC1OC(CO)C(OC2OC(CO)C(O)C(OC3(C(=O)O)CC(O)C(NC(C)=O)C(C(O)C(O)CO)O3)C2O)C(O)C1O)C(O)/C=C/CCCCCCCCCCCC. The molecule has 0 radical (unpaired) electrons. The molecule has 0 spiro atoms. The summed E-state index contributed by atoms with van der Waals surface area (Å²) in [5.41, 5.74) is 0. The normalized spacial score (nSPS) is 30.3. The molecule has 0 aliphatic carbocycles. The molecule has 3 fully saturated rings. The molecule has 3 aliphatic rings. The van der Waals surface area contributed by atoms with Crippen LogP contribution >= 0.6 is 0 Å². The van der Waals surface area contributed by atoms with Crippen molar-refractivity contribution in [2.45, 2.75) is 304 Å². The van der Waals surface area contributed by atoms with Crippen molar-refractivity contribution in [3.63, 3.8) is 0 Å². The van der Waals surface area contributed by atoms with Crippen LogP contribution in [0.25, 0.3) is 0 Å². The van der Waals surface area contributed by atoms with Crippen molar-refractivity contribution in [3.8, 4) is 0 Å². The van der Waals surface area contributed by atoms with Gasteiger partial charge in [-0.05, 0) is 44.9 Å². The van der Waals surface area contributed by atoms with Gasteiger partial charge in [0.1, 0.15) is 67.1 Å². The Labute approximate surface area is 485 Å². The zero-order valence-electron chi connectivity index (χ0n) is 49.1. The summed E-state index contributed by atoms with van der Waals surface area (Å²) in [6, 6.07) is -2.62. The van der Waals surface area contributed by atoms with E-state index in [9.17, 15) is 75.7 Å². The van der Waals surface area contributed by atoms with Crippen molar-refractivity contribution in [1.82, 2.24) is 10.6 Å². The van der Waals surface area contributed by atoms with Crippen molar-refractivity contribution < 1.29 is 104 Å². The first kappa shape index (κ1) is 73.5. The fraction of sp³-hybridized carbons (Fsp3) is 0.881. The zero-order chi connectivity index (χ0) is 60.5. The number of carboxylic acid groups (broad SMARTS) is 1. The van der Waals surface area contributed by atoms with E-state index in [1.54, 1.807) is 6.08 Å². The second-order valence-corrected chi connectivity index (χ2v) is 22.6. The predicted molar refractivity (Wildman–Crippen MR) is 301 cm³/mol. The maximum absolute atomic E-state index is 13.4. The molecule has 23 heteroatoms. The maximum atomic E-state index is 13.4. The third-order valence-corrected chi connectivity index (χ3v) is 15.6. The lowest BCUT2D eigenvalue weighted by Gasteiger charge is -2.50. The van der Waals surface area contributed by atoms with Crippen molar-refractivity contribution in [3.05, 3.63) is 24.3 Å². The maximum Gasteiger partial charge on any atom is 0.364 e. The number of aliphatic carboxylic acids is 1. The number of aliphatic hydroxyl groups excluding tert-OH is 11. The largest absolute Gasteiger partial charge is 0.477 e. The Balaban J connectivity index is 1.67. The van der Waals surface area contributed by atoms with E-state index in [1.165, 1.54) is 89.9 Å². The highest BCUT2D eigenvalue weighted by molar-refractivity contribution is 5.77. The summed E-state index contributed by atoms with van der Waals surface area (Å²) in [6.07, 6.45) is 6.76. The molecule has 0 bridgehead atoms. The molecule has 0 aromatic rings. The number of carbonyl (C=O) groups is 3. The number of rotatable bonds is 44. The number of carbonyl (C=O) groups excluding carboxylic acids is 2. The van der Waals surface area contributed by atoms with Crippen molar-refractivity contribution in [2.24, 2.45) is 0 Å². The van der Waals surface area contributed by atoms with Gasteiger partial charge in [0.05, 0.1) is 50.7 Å². The lowest BCUT2D eigenvalue weighted by atomic mass is 9.88. The lowest BCUT2D eigenvalue weighted by molar-refractivity contribution is -0.386. The Kier molecular flexibility index (Phi) is 37.0. The first-order valence-electron chi connectivity index (χ1n) is 30.7. The second-order valence-electron chi connectivity index (χ2n) is 22.6. The van der Waals surface area contributed by atoms with Crippen LogP contribution in [-0.4, -0.2) is 215 Å². The highest BCUT2D eigenvalue weighted by Gasteiger charge is 2.60. The number of carboxylic acids is 1. The molecule has 0 aromatic carbocycles. The van der Waals surface area contributed by atoms with Gasteiger partial charge in [-0.15, -0.1) is 0 Å². The van der Waals surface area contributed by atoms with Crippen LogP contribution < -0.4 is 10.6 Å². The highest BCUT2D eigenvalue weighted by Crippen LogP contribution is 2.38. The Bertz CT molecular complexity index is 1780. The van der Waals surface area contributed by atoms with Gasteiger partial charge in [-0.25, -0.2) is 4.79 Å². The van der Waals surface area contributed by atoms with Crippen LogP contribution in [0.15, 0.2) is 24.3 Å². The van der Waals surface area contributed by atoms with Crippen molar-refractivity contribution >= 4 is 17.8 Å². The van der Waals surface area contributed by atoms with Crippen LogP contribution in [-0.2, 0) is 42.8 Å². The number of aliphatic hydroxyl groups is 11. The Morgan fingerprint density at radius 2 is 1.15 bits per heavy atom. The minimum Gasteiger partial charge on any atom is -0.477 e. The van der Waals surface area contributed by atoms with Gasteiger partial charge in [0, 0.05) is 19.8 Å². The summed E-state index contributed by atoms with van der Waals surface area (Å²) in [5, 5.41) is 135. The fourth-order valence-corrected chi connectivity index (χ4v) is 10.6. The quantitative estimate of drug-likeness (QED) is 0.0308. The first-order chi connectivity index (χ1) is 39.4. The van der Waals surface area contributed by atoms with Crippen molar-refractivity contribution in [1.29, 1.82) is 0 Å². The molecular formula is C59H106N2O21. The van der Waals surface area contributed by atoms with E-state index >= 15 is 0 Å². The number of hydrogen-bond donors (Lipinski definition) is 14. The summed E-state index contributed by atoms with van der Waals surface area (Å²) >= 11 is 0. The minimum absolute atomic E-state index is 0.190. The third kappa shape index (κ3) is 25.3. The second kappa shape index (κ2) is 41.3. The van der Waals surface area contributed by atoms with E-state index in [2.05, 4.69) is 36.6 Å². The summed E-state index contributed by atoms with van der Waals surface area (Å²) in [6.45, 7) is 2.07. The van der Waals surface area contributed by atoms with Crippen LogP contribution in [0, 0.1) is 0 Å². The minimum atomic E-state index is -3.08.